The van der Waals surface area contributed by atoms with Crippen molar-refractivity contribution in [1.29, 1.82) is 0 Å². The van der Waals surface area contributed by atoms with E-state index in [1.165, 1.54) is 104 Å². The van der Waals surface area contributed by atoms with Crippen LogP contribution in [0.15, 0.2) is 352 Å². The molecule has 0 bridgehead atoms. The molecule has 5 heterocycles. The second-order valence-corrected chi connectivity index (χ2v) is 37.0. The maximum Gasteiger partial charge on any atom is 0.252 e. The van der Waals surface area contributed by atoms with Gasteiger partial charge in [-0.2, -0.15) is 0 Å². The van der Waals surface area contributed by atoms with Crippen LogP contribution < -0.4 is 26.2 Å². The van der Waals surface area contributed by atoms with E-state index in [-0.39, 0.29) is 28.4 Å². The van der Waals surface area contributed by atoms with E-state index < -0.39 is 0 Å². The van der Waals surface area contributed by atoms with E-state index in [2.05, 4.69) is 458 Å². The minimum Gasteiger partial charge on any atom is -0.311 e. The second kappa shape index (κ2) is 27.1. The Morgan fingerprint density at radius 1 is 0.186 bits per heavy atom. The van der Waals surface area contributed by atoms with Gasteiger partial charge in [-0.25, -0.2) is 0 Å². The molecule has 6 heteroatoms. The summed E-state index contributed by atoms with van der Waals surface area (Å²) in [5, 5.41) is 7.34. The van der Waals surface area contributed by atoms with Crippen LogP contribution in [-0.2, 0) is 21.7 Å². The van der Waals surface area contributed by atoms with Gasteiger partial charge in [-0.3, -0.25) is 0 Å². The topological polar surface area (TPSA) is 21.3 Å². The summed E-state index contributed by atoms with van der Waals surface area (Å²) in [5.74, 6) is 0. The van der Waals surface area contributed by atoms with Crippen molar-refractivity contribution in [2.75, 3.05) is 9.80 Å². The average molecular weight is 1520 g/mol. The van der Waals surface area contributed by atoms with Gasteiger partial charge in [0.1, 0.15) is 0 Å². The summed E-state index contributed by atoms with van der Waals surface area (Å²) < 4.78 is 7.60. The SMILES string of the molecule is CC(C)(C)c1cc(-c2ccc3c(c2)N(c2cc(-c4ccccc4)cc(-c4ccccc4)c2)c2cc(-n4c5ccccc5c5cc(-n6c7ccccc7c7ccccc76)ccc54)cc4c2B3c2ccc(-n3c5ccc(C(C)(C)C)cc5c5cc(C(C)(C)C)ccc53)cc2N4c2cc(-c3ccccc3)cc(-c3ccccc3)c2)cc(C(C)(C)C)c1. The summed E-state index contributed by atoms with van der Waals surface area (Å²) in [6, 6.07) is 135. The highest BCUT2D eigenvalue weighted by molar-refractivity contribution is 7.00. The number of para-hydroxylation sites is 3. The quantitative estimate of drug-likeness (QED) is 0.127. The monoisotopic (exact) mass is 1520 g/mol. The first-order valence-electron chi connectivity index (χ1n) is 41.9. The summed E-state index contributed by atoms with van der Waals surface area (Å²) in [6.45, 7) is 27.9. The third-order valence-electron chi connectivity index (χ3n) is 25.3. The van der Waals surface area contributed by atoms with Crippen molar-refractivity contribution in [3.63, 3.8) is 0 Å². The van der Waals surface area contributed by atoms with Crippen molar-refractivity contribution in [3.05, 3.63) is 374 Å². The number of benzene rings is 16. The van der Waals surface area contributed by atoms with Gasteiger partial charge in [0, 0.05) is 77.8 Å². The zero-order chi connectivity index (χ0) is 80.4. The molecule has 118 heavy (non-hydrogen) atoms. The molecular formula is C112H94BN5. The number of rotatable bonds is 10. The average Bonchev–Trinajstić information content (AvgIpc) is 0.778. The van der Waals surface area contributed by atoms with Gasteiger partial charge in [0.15, 0.2) is 0 Å². The maximum atomic E-state index is 2.67. The molecule has 0 N–H and O–H groups in total. The van der Waals surface area contributed by atoms with Gasteiger partial charge in [0.25, 0.3) is 6.71 Å². The molecule has 570 valence electrons. The third-order valence-corrected chi connectivity index (χ3v) is 25.3. The highest BCUT2D eigenvalue weighted by Crippen LogP contribution is 2.52. The number of aromatic nitrogens is 3. The smallest absolute Gasteiger partial charge is 0.252 e. The van der Waals surface area contributed by atoms with Crippen LogP contribution in [0.2, 0.25) is 0 Å². The lowest BCUT2D eigenvalue weighted by Gasteiger charge is -2.45. The Morgan fingerprint density at radius 3 is 0.915 bits per heavy atom. The molecule has 0 unspecified atom stereocenters. The van der Waals surface area contributed by atoms with Crippen LogP contribution in [-0.4, -0.2) is 20.4 Å². The molecular weight excluding hydrogens is 1430 g/mol. The van der Waals surface area contributed by atoms with E-state index in [9.17, 15) is 0 Å². The fourth-order valence-corrected chi connectivity index (χ4v) is 19.1. The Labute approximate surface area is 693 Å². The molecule has 0 spiro atoms. The van der Waals surface area contributed by atoms with E-state index in [0.717, 1.165) is 107 Å². The second-order valence-electron chi connectivity index (χ2n) is 37.0. The predicted molar refractivity (Wildman–Crippen MR) is 505 cm³/mol. The van der Waals surface area contributed by atoms with E-state index in [1.54, 1.807) is 0 Å². The molecule has 0 aliphatic carbocycles. The molecule has 5 nitrogen and oxygen atoms in total. The van der Waals surface area contributed by atoms with Crippen LogP contribution in [0.4, 0.5) is 34.1 Å². The van der Waals surface area contributed by atoms with E-state index in [1.807, 2.05) is 0 Å². The van der Waals surface area contributed by atoms with Gasteiger partial charge >= 0.3 is 0 Å². The van der Waals surface area contributed by atoms with E-state index >= 15 is 0 Å². The van der Waals surface area contributed by atoms with E-state index in [4.69, 9.17) is 0 Å². The number of nitrogens with zero attached hydrogens (tertiary/aromatic N) is 5. The Balaban J connectivity index is 0.919. The van der Waals surface area contributed by atoms with E-state index in [0.29, 0.717) is 0 Å². The minimum absolute atomic E-state index is 0.0719. The lowest BCUT2D eigenvalue weighted by atomic mass is 9.33. The van der Waals surface area contributed by atoms with Crippen molar-refractivity contribution in [3.8, 4) is 72.7 Å². The van der Waals surface area contributed by atoms with Gasteiger partial charge in [0.05, 0.1) is 38.8 Å². The first-order chi connectivity index (χ1) is 57.0. The van der Waals surface area contributed by atoms with Crippen molar-refractivity contribution in [1.82, 2.24) is 13.7 Å². The standard InChI is InChI=1S/C112H94BN5/c1-109(2,3)81-46-52-101-93(65-81)94-66-82(110(4,5)6)47-53-102(94)115(101)86-48-51-97-105(68-86)118(88-61-78(73-35-21-15-22-36-73)56-79(62-88)74-37-23-16-24-38-74)107-70-89(116-100-44-30-27-41-92(100)95-67-85(49-54-103(95)116)114-98-42-28-25-39-90(98)91-40-26-29-43-99(91)114)69-106-108(107)113(97)96-50-45-75(80-57-83(111(7,8)9)64-84(58-80)112(10,11)12)63-104(96)117(106)87-59-76(71-31-17-13-18-32-71)55-77(60-87)72-33-19-14-20-34-72/h13-70H,1-12H3. The van der Waals surface area contributed by atoms with Crippen LogP contribution in [0.1, 0.15) is 105 Å². The Kier molecular flexibility index (Phi) is 16.6. The predicted octanol–water partition coefficient (Wildman–Crippen LogP) is 28.6. The summed E-state index contributed by atoms with van der Waals surface area (Å²) in [7, 11) is 0. The van der Waals surface area contributed by atoms with Gasteiger partial charge in [-0.15, -0.1) is 0 Å². The Bertz CT molecular complexity index is 7000. The molecule has 0 saturated heterocycles. The zero-order valence-electron chi connectivity index (χ0n) is 69.3. The minimum atomic E-state index is -0.267. The fourth-order valence-electron chi connectivity index (χ4n) is 19.1. The van der Waals surface area contributed by atoms with Crippen molar-refractivity contribution < 1.29 is 0 Å². The summed E-state index contributed by atoms with van der Waals surface area (Å²) in [6.07, 6.45) is 0. The fraction of sp³-hybridized carbons (Fsp3) is 0.143. The number of anilines is 6. The normalized spacial score (nSPS) is 13.0. The summed E-state index contributed by atoms with van der Waals surface area (Å²) in [4.78, 5) is 5.35. The number of hydrogen-bond acceptors (Lipinski definition) is 2. The molecule has 19 aromatic rings. The van der Waals surface area contributed by atoms with Gasteiger partial charge < -0.3 is 23.5 Å². The molecule has 0 atom stereocenters. The van der Waals surface area contributed by atoms with Crippen molar-refractivity contribution >= 4 is 123 Å². The molecule has 21 rings (SSSR count). The van der Waals surface area contributed by atoms with Crippen molar-refractivity contribution in [2.24, 2.45) is 0 Å². The van der Waals surface area contributed by atoms with Gasteiger partial charge in [-0.05, 0) is 243 Å². The lowest BCUT2D eigenvalue weighted by molar-refractivity contribution is 0.569. The Morgan fingerprint density at radius 2 is 0.500 bits per heavy atom. The first-order valence-corrected chi connectivity index (χ1v) is 41.9. The van der Waals surface area contributed by atoms with Gasteiger partial charge in [-0.1, -0.05) is 308 Å². The molecule has 0 amide bonds. The van der Waals surface area contributed by atoms with Crippen molar-refractivity contribution in [2.45, 2.75) is 105 Å². The van der Waals surface area contributed by atoms with Crippen LogP contribution in [0.25, 0.3) is 138 Å². The molecule has 0 fully saturated rings. The molecule has 0 saturated carbocycles. The largest absolute Gasteiger partial charge is 0.311 e. The zero-order valence-corrected chi connectivity index (χ0v) is 69.3. The lowest BCUT2D eigenvalue weighted by Crippen LogP contribution is -2.61. The highest BCUT2D eigenvalue weighted by atomic mass is 15.2. The van der Waals surface area contributed by atoms with Crippen LogP contribution in [0.5, 0.6) is 0 Å². The van der Waals surface area contributed by atoms with Crippen LogP contribution in [0, 0.1) is 0 Å². The molecule has 16 aromatic carbocycles. The number of fused-ring (bicyclic) bond motifs is 13. The molecule has 0 radical (unpaired) electrons. The molecule has 3 aromatic heterocycles. The first kappa shape index (κ1) is 72.3. The number of hydrogen-bond donors (Lipinski definition) is 0. The highest BCUT2D eigenvalue weighted by Gasteiger charge is 2.45. The van der Waals surface area contributed by atoms with Crippen LogP contribution in [0.3, 0.4) is 0 Å². The third kappa shape index (κ3) is 12.0. The molecule has 2 aliphatic rings. The molecule has 2 aliphatic heterocycles. The van der Waals surface area contributed by atoms with Gasteiger partial charge in [0.2, 0.25) is 0 Å². The van der Waals surface area contributed by atoms with Crippen LogP contribution >= 0.6 is 0 Å². The summed E-state index contributed by atoms with van der Waals surface area (Å²) >= 11 is 0. The maximum absolute atomic E-state index is 2.67. The summed E-state index contributed by atoms with van der Waals surface area (Å²) in [5.41, 5.74) is 36.8. The Hall–Kier alpha value is -13.4.